The molecular formula is C13H24N2O3. The first-order valence-electron chi connectivity index (χ1n) is 6.62. The second-order valence-corrected chi connectivity index (χ2v) is 5.29. The van der Waals surface area contributed by atoms with Crippen LogP contribution in [0.4, 0.5) is 0 Å². The first-order chi connectivity index (χ1) is 8.45. The van der Waals surface area contributed by atoms with Crippen LogP contribution >= 0.6 is 0 Å². The highest BCUT2D eigenvalue weighted by molar-refractivity contribution is 5.84. The summed E-state index contributed by atoms with van der Waals surface area (Å²) in [5.41, 5.74) is 0. The van der Waals surface area contributed by atoms with Gasteiger partial charge in [-0.05, 0) is 32.9 Å². The van der Waals surface area contributed by atoms with Gasteiger partial charge >= 0.3 is 5.97 Å². The van der Waals surface area contributed by atoms with E-state index in [1.165, 1.54) is 0 Å². The van der Waals surface area contributed by atoms with Gasteiger partial charge in [0, 0.05) is 19.5 Å². The summed E-state index contributed by atoms with van der Waals surface area (Å²) in [6, 6.07) is -0.627. The fraction of sp³-hybridized carbons (Fsp3) is 0.846. The third-order valence-electron chi connectivity index (χ3n) is 3.67. The highest BCUT2D eigenvalue weighted by atomic mass is 16.4. The summed E-state index contributed by atoms with van der Waals surface area (Å²) >= 11 is 0. The number of carboxylic acids is 1. The van der Waals surface area contributed by atoms with Gasteiger partial charge in [-0.3, -0.25) is 4.79 Å². The molecule has 1 saturated heterocycles. The van der Waals surface area contributed by atoms with Crippen LogP contribution in [0.2, 0.25) is 0 Å². The van der Waals surface area contributed by atoms with Crippen LogP contribution in [0.5, 0.6) is 0 Å². The summed E-state index contributed by atoms with van der Waals surface area (Å²) in [6.45, 7) is 3.33. The van der Waals surface area contributed by atoms with E-state index in [0.29, 0.717) is 31.8 Å². The van der Waals surface area contributed by atoms with Crippen molar-refractivity contribution in [1.29, 1.82) is 0 Å². The molecule has 1 aliphatic heterocycles. The lowest BCUT2D eigenvalue weighted by molar-refractivity contribution is -0.153. The molecule has 5 nitrogen and oxygen atoms in total. The largest absolute Gasteiger partial charge is 0.480 e. The highest BCUT2D eigenvalue weighted by Crippen LogP contribution is 2.26. The molecule has 1 amide bonds. The number of likely N-dealkylation sites (tertiary alicyclic amines) is 1. The molecule has 0 bridgehead atoms. The van der Waals surface area contributed by atoms with Gasteiger partial charge < -0.3 is 14.9 Å². The van der Waals surface area contributed by atoms with Crippen molar-refractivity contribution in [3.8, 4) is 0 Å². The molecule has 0 aliphatic carbocycles. The first kappa shape index (κ1) is 15.0. The zero-order valence-electron chi connectivity index (χ0n) is 11.6. The Morgan fingerprint density at radius 1 is 1.39 bits per heavy atom. The van der Waals surface area contributed by atoms with E-state index in [1.807, 2.05) is 19.0 Å². The van der Waals surface area contributed by atoms with E-state index in [4.69, 9.17) is 0 Å². The van der Waals surface area contributed by atoms with Crippen LogP contribution in [0, 0.1) is 5.92 Å². The zero-order chi connectivity index (χ0) is 13.7. The molecule has 1 fully saturated rings. The molecule has 1 rings (SSSR count). The fourth-order valence-electron chi connectivity index (χ4n) is 2.40. The summed E-state index contributed by atoms with van der Waals surface area (Å²) in [5.74, 6) is -0.471. The van der Waals surface area contributed by atoms with E-state index >= 15 is 0 Å². The molecule has 0 saturated carbocycles. The number of aliphatic carboxylic acids is 1. The third kappa shape index (κ3) is 3.98. The van der Waals surface area contributed by atoms with Crippen molar-refractivity contribution in [2.75, 3.05) is 27.2 Å². The molecule has 0 aromatic rings. The van der Waals surface area contributed by atoms with E-state index < -0.39 is 12.0 Å². The topological polar surface area (TPSA) is 60.9 Å². The molecule has 5 heteroatoms. The Bertz CT molecular complexity index is 305. The van der Waals surface area contributed by atoms with Crippen LogP contribution in [0.1, 0.15) is 32.6 Å². The number of hydrogen-bond donors (Lipinski definition) is 1. The summed E-state index contributed by atoms with van der Waals surface area (Å²) in [4.78, 5) is 26.8. The van der Waals surface area contributed by atoms with Gasteiger partial charge in [0.2, 0.25) is 5.91 Å². The van der Waals surface area contributed by atoms with Gasteiger partial charge in [0.15, 0.2) is 0 Å². The van der Waals surface area contributed by atoms with Crippen molar-refractivity contribution >= 4 is 11.9 Å². The minimum atomic E-state index is -0.869. The Balaban J connectivity index is 2.62. The third-order valence-corrected chi connectivity index (χ3v) is 3.67. The second-order valence-electron chi connectivity index (χ2n) is 5.29. The van der Waals surface area contributed by atoms with Crippen molar-refractivity contribution in [3.63, 3.8) is 0 Å². The van der Waals surface area contributed by atoms with Crippen LogP contribution in [-0.2, 0) is 9.59 Å². The Morgan fingerprint density at radius 2 is 2.06 bits per heavy atom. The van der Waals surface area contributed by atoms with E-state index in [2.05, 4.69) is 6.92 Å². The molecule has 18 heavy (non-hydrogen) atoms. The highest BCUT2D eigenvalue weighted by Gasteiger charge is 2.35. The summed E-state index contributed by atoms with van der Waals surface area (Å²) in [6.07, 6.45) is 2.91. The predicted molar refractivity (Wildman–Crippen MR) is 69.3 cm³/mol. The van der Waals surface area contributed by atoms with Crippen molar-refractivity contribution < 1.29 is 14.7 Å². The Kier molecular flexibility index (Phi) is 5.59. The maximum Gasteiger partial charge on any atom is 0.326 e. The van der Waals surface area contributed by atoms with Crippen molar-refractivity contribution in [1.82, 2.24) is 9.80 Å². The van der Waals surface area contributed by atoms with Crippen molar-refractivity contribution in [3.05, 3.63) is 0 Å². The summed E-state index contributed by atoms with van der Waals surface area (Å²) in [7, 11) is 3.82. The summed E-state index contributed by atoms with van der Waals surface area (Å²) < 4.78 is 0. The predicted octanol–water partition coefficient (Wildman–Crippen LogP) is 1.04. The number of piperidine rings is 1. The molecule has 2 atom stereocenters. The lowest BCUT2D eigenvalue weighted by Crippen LogP contribution is -2.50. The average molecular weight is 256 g/mol. The number of carbonyl (C=O) groups is 2. The number of nitrogens with zero attached hydrogens (tertiary/aromatic N) is 2. The van der Waals surface area contributed by atoms with Gasteiger partial charge in [0.1, 0.15) is 6.04 Å². The summed E-state index contributed by atoms with van der Waals surface area (Å²) in [5, 5.41) is 9.24. The van der Waals surface area contributed by atoms with Gasteiger partial charge in [0.05, 0.1) is 0 Å². The number of hydrogen-bond acceptors (Lipinski definition) is 3. The Labute approximate surface area is 109 Å². The minimum Gasteiger partial charge on any atom is -0.480 e. The molecule has 0 spiro atoms. The average Bonchev–Trinajstić information content (AvgIpc) is 2.34. The fourth-order valence-corrected chi connectivity index (χ4v) is 2.40. The van der Waals surface area contributed by atoms with E-state index in [0.717, 1.165) is 12.8 Å². The molecular weight excluding hydrogens is 232 g/mol. The standard InChI is InChI=1S/C13H24N2O3/c1-4-10-5-8-15(11(9-10)13(17)18)12(16)6-7-14(2)3/h10-11H,4-9H2,1-3H3,(H,17,18). The molecule has 1 heterocycles. The first-order valence-corrected chi connectivity index (χ1v) is 6.62. The van der Waals surface area contributed by atoms with Gasteiger partial charge in [-0.15, -0.1) is 0 Å². The van der Waals surface area contributed by atoms with Gasteiger partial charge in [-0.2, -0.15) is 0 Å². The molecule has 0 radical (unpaired) electrons. The lowest BCUT2D eigenvalue weighted by atomic mass is 9.88. The van der Waals surface area contributed by atoms with E-state index in [1.54, 1.807) is 4.90 Å². The number of carboxylic acid groups (broad SMARTS) is 1. The van der Waals surface area contributed by atoms with Crippen molar-refractivity contribution in [2.24, 2.45) is 5.92 Å². The molecule has 1 N–H and O–H groups in total. The molecule has 2 unspecified atom stereocenters. The Hall–Kier alpha value is -1.10. The SMILES string of the molecule is CCC1CCN(C(=O)CCN(C)C)C(C(=O)O)C1. The maximum absolute atomic E-state index is 12.0. The van der Waals surface area contributed by atoms with Crippen LogP contribution in [0.3, 0.4) is 0 Å². The molecule has 0 aromatic heterocycles. The quantitative estimate of drug-likeness (QED) is 0.798. The van der Waals surface area contributed by atoms with E-state index in [9.17, 15) is 14.7 Å². The van der Waals surface area contributed by atoms with Gasteiger partial charge in [-0.1, -0.05) is 13.3 Å². The second kappa shape index (κ2) is 6.73. The maximum atomic E-state index is 12.0. The van der Waals surface area contributed by atoms with Crippen LogP contribution in [-0.4, -0.2) is 60.0 Å². The number of carbonyl (C=O) groups excluding carboxylic acids is 1. The number of amides is 1. The smallest absolute Gasteiger partial charge is 0.326 e. The van der Waals surface area contributed by atoms with Gasteiger partial charge in [0.25, 0.3) is 0 Å². The van der Waals surface area contributed by atoms with Crippen LogP contribution < -0.4 is 0 Å². The monoisotopic (exact) mass is 256 g/mol. The van der Waals surface area contributed by atoms with Crippen LogP contribution in [0.15, 0.2) is 0 Å². The van der Waals surface area contributed by atoms with E-state index in [-0.39, 0.29) is 5.91 Å². The van der Waals surface area contributed by atoms with Gasteiger partial charge in [-0.25, -0.2) is 4.79 Å². The van der Waals surface area contributed by atoms with Crippen LogP contribution in [0.25, 0.3) is 0 Å². The molecule has 1 aliphatic rings. The molecule has 104 valence electrons. The normalized spacial score (nSPS) is 24.3. The minimum absolute atomic E-state index is 0.0364. The van der Waals surface area contributed by atoms with Crippen molar-refractivity contribution in [2.45, 2.75) is 38.6 Å². The number of rotatable bonds is 5. The lowest BCUT2D eigenvalue weighted by Gasteiger charge is -2.37. The molecule has 0 aromatic carbocycles. The zero-order valence-corrected chi connectivity index (χ0v) is 11.6. The Morgan fingerprint density at radius 3 is 2.56 bits per heavy atom.